The highest BCUT2D eigenvalue weighted by molar-refractivity contribution is 5.80. The van der Waals surface area contributed by atoms with Crippen LogP contribution in [0.3, 0.4) is 0 Å². The number of rotatable bonds is 4. The minimum atomic E-state index is -1.02. The van der Waals surface area contributed by atoms with Crippen molar-refractivity contribution in [1.82, 2.24) is 4.90 Å². The fraction of sp³-hybridized carbons (Fsp3) is 0.609. The van der Waals surface area contributed by atoms with Gasteiger partial charge in [0.05, 0.1) is 13.2 Å². The molecule has 8 nitrogen and oxygen atoms in total. The Bertz CT molecular complexity index is 872. The molecule has 4 atom stereocenters. The maximum Gasteiger partial charge on any atom is 0.411 e. The molecule has 4 unspecified atom stereocenters. The van der Waals surface area contributed by atoms with Crippen LogP contribution in [0.15, 0.2) is 18.2 Å². The van der Waals surface area contributed by atoms with Gasteiger partial charge in [-0.15, -0.1) is 0 Å². The summed E-state index contributed by atoms with van der Waals surface area (Å²) in [6, 6.07) is 6.46. The molecule has 2 aliphatic rings. The first-order valence-corrected chi connectivity index (χ1v) is 10.6. The van der Waals surface area contributed by atoms with Gasteiger partial charge in [-0.2, -0.15) is 5.26 Å². The monoisotopic (exact) mass is 430 g/mol. The fourth-order valence-corrected chi connectivity index (χ4v) is 4.54. The predicted octanol–water partition coefficient (Wildman–Crippen LogP) is 3.82. The lowest BCUT2D eigenvalue weighted by molar-refractivity contribution is -0.147. The van der Waals surface area contributed by atoms with Crippen LogP contribution in [0.2, 0.25) is 0 Å². The number of hydrogen-bond donors (Lipinski definition) is 1. The Morgan fingerprint density at radius 1 is 1.16 bits per heavy atom. The molecular formula is C23H30N2O6. The number of piperidine rings is 1. The number of carboxylic acids is 1. The van der Waals surface area contributed by atoms with E-state index >= 15 is 0 Å². The van der Waals surface area contributed by atoms with Crippen molar-refractivity contribution in [2.45, 2.75) is 64.2 Å². The van der Waals surface area contributed by atoms with Crippen molar-refractivity contribution in [3.63, 3.8) is 0 Å². The summed E-state index contributed by atoms with van der Waals surface area (Å²) < 4.78 is 16.8. The third-order valence-electron chi connectivity index (χ3n) is 5.95. The SMILES string of the molecule is COc1cccc(OC2CCC3CN(C(=O)OC(C)(C)C)C(C(=O)O)CC3C2)c1C#N. The highest BCUT2D eigenvalue weighted by Gasteiger charge is 2.45. The Labute approximate surface area is 182 Å². The second-order valence-corrected chi connectivity index (χ2v) is 9.24. The van der Waals surface area contributed by atoms with E-state index in [2.05, 4.69) is 6.07 Å². The molecule has 1 saturated heterocycles. The van der Waals surface area contributed by atoms with Gasteiger partial charge in [0.1, 0.15) is 34.8 Å². The molecule has 0 aromatic heterocycles. The van der Waals surface area contributed by atoms with Gasteiger partial charge in [-0.1, -0.05) is 6.07 Å². The van der Waals surface area contributed by atoms with Gasteiger partial charge >= 0.3 is 12.1 Å². The third kappa shape index (κ3) is 5.22. The molecule has 0 spiro atoms. The number of carbonyl (C=O) groups excluding carboxylic acids is 1. The van der Waals surface area contributed by atoms with E-state index in [1.807, 2.05) is 0 Å². The Kier molecular flexibility index (Phi) is 6.63. The zero-order valence-electron chi connectivity index (χ0n) is 18.5. The summed E-state index contributed by atoms with van der Waals surface area (Å²) in [7, 11) is 1.51. The molecule has 1 aromatic carbocycles. The average Bonchev–Trinajstić information content (AvgIpc) is 2.71. The second kappa shape index (κ2) is 9.04. The van der Waals surface area contributed by atoms with Crippen molar-refractivity contribution in [2.75, 3.05) is 13.7 Å². The van der Waals surface area contributed by atoms with Gasteiger partial charge in [-0.25, -0.2) is 9.59 Å². The van der Waals surface area contributed by atoms with Gasteiger partial charge in [-0.05, 0) is 70.4 Å². The highest BCUT2D eigenvalue weighted by atomic mass is 16.6. The number of methoxy groups -OCH3 is 1. The van der Waals surface area contributed by atoms with Crippen LogP contribution >= 0.6 is 0 Å². The zero-order chi connectivity index (χ0) is 22.8. The van der Waals surface area contributed by atoms with Crippen LogP contribution < -0.4 is 9.47 Å². The Morgan fingerprint density at radius 2 is 1.87 bits per heavy atom. The molecule has 1 N–H and O–H groups in total. The summed E-state index contributed by atoms with van der Waals surface area (Å²) in [6.07, 6.45) is 1.92. The lowest BCUT2D eigenvalue weighted by Gasteiger charge is -2.46. The van der Waals surface area contributed by atoms with Crippen LogP contribution in [0.25, 0.3) is 0 Å². The summed E-state index contributed by atoms with van der Waals surface area (Å²) in [5, 5.41) is 19.2. The van der Waals surface area contributed by atoms with Crippen LogP contribution in [0.5, 0.6) is 11.5 Å². The quantitative estimate of drug-likeness (QED) is 0.773. The number of hydrogen-bond acceptors (Lipinski definition) is 6. The summed E-state index contributed by atoms with van der Waals surface area (Å²) in [4.78, 5) is 25.9. The van der Waals surface area contributed by atoms with E-state index in [1.165, 1.54) is 12.0 Å². The van der Waals surface area contributed by atoms with Crippen molar-refractivity contribution in [3.05, 3.63) is 23.8 Å². The Morgan fingerprint density at radius 3 is 2.48 bits per heavy atom. The normalized spacial score (nSPS) is 25.7. The van der Waals surface area contributed by atoms with Gasteiger partial charge in [0.2, 0.25) is 0 Å². The van der Waals surface area contributed by atoms with Gasteiger partial charge in [-0.3, -0.25) is 4.90 Å². The number of aliphatic carboxylic acids is 1. The molecule has 0 radical (unpaired) electrons. The summed E-state index contributed by atoms with van der Waals surface area (Å²) in [5.41, 5.74) is -0.326. The fourth-order valence-electron chi connectivity index (χ4n) is 4.54. The highest BCUT2D eigenvalue weighted by Crippen LogP contribution is 2.41. The molecule has 1 aliphatic carbocycles. The largest absolute Gasteiger partial charge is 0.495 e. The van der Waals surface area contributed by atoms with Gasteiger partial charge in [0, 0.05) is 6.54 Å². The number of nitrogens with zero attached hydrogens (tertiary/aromatic N) is 2. The second-order valence-electron chi connectivity index (χ2n) is 9.24. The van der Waals surface area contributed by atoms with Crippen LogP contribution in [0.1, 0.15) is 52.0 Å². The van der Waals surface area contributed by atoms with Crippen LogP contribution in [0.4, 0.5) is 4.79 Å². The summed E-state index contributed by atoms with van der Waals surface area (Å²) >= 11 is 0. The van der Waals surface area contributed by atoms with Crippen LogP contribution in [0, 0.1) is 23.2 Å². The molecule has 168 valence electrons. The van der Waals surface area contributed by atoms with Gasteiger partial charge in [0.25, 0.3) is 0 Å². The molecule has 31 heavy (non-hydrogen) atoms. The standard InChI is InChI=1S/C23H30N2O6/c1-23(2,3)31-22(28)25-13-14-8-9-16(10-15(14)11-18(25)21(26)27)30-20-7-5-6-19(29-4)17(20)12-24/h5-7,14-16,18H,8-11,13H2,1-4H3,(H,26,27). The maximum atomic E-state index is 12.6. The van der Waals surface area contributed by atoms with E-state index < -0.39 is 23.7 Å². The molecule has 1 heterocycles. The number of nitriles is 1. The van der Waals surface area contributed by atoms with Crippen molar-refractivity contribution in [3.8, 4) is 17.6 Å². The number of benzene rings is 1. The van der Waals surface area contributed by atoms with Crippen molar-refractivity contribution in [2.24, 2.45) is 11.8 Å². The Balaban J connectivity index is 1.71. The first kappa shape index (κ1) is 22.7. The topological polar surface area (TPSA) is 109 Å². The number of carboxylic acid groups (broad SMARTS) is 1. The zero-order valence-corrected chi connectivity index (χ0v) is 18.5. The van der Waals surface area contributed by atoms with E-state index in [9.17, 15) is 20.0 Å². The number of ether oxygens (including phenoxy) is 3. The molecule has 1 aliphatic heterocycles. The smallest absolute Gasteiger partial charge is 0.411 e. The molecule has 2 fully saturated rings. The predicted molar refractivity (Wildman–Crippen MR) is 112 cm³/mol. The maximum absolute atomic E-state index is 12.6. The minimum Gasteiger partial charge on any atom is -0.495 e. The lowest BCUT2D eigenvalue weighted by atomic mass is 9.72. The summed E-state index contributed by atoms with van der Waals surface area (Å²) in [6.45, 7) is 5.67. The van der Waals surface area contributed by atoms with Gasteiger partial charge in [0.15, 0.2) is 0 Å². The van der Waals surface area contributed by atoms with E-state index in [4.69, 9.17) is 14.2 Å². The van der Waals surface area contributed by atoms with E-state index in [0.717, 1.165) is 12.8 Å². The molecular weight excluding hydrogens is 400 g/mol. The van der Waals surface area contributed by atoms with E-state index in [1.54, 1.807) is 39.0 Å². The van der Waals surface area contributed by atoms with Crippen molar-refractivity contribution >= 4 is 12.1 Å². The summed E-state index contributed by atoms with van der Waals surface area (Å²) in [5.74, 6) is 0.238. The number of carbonyl (C=O) groups is 2. The molecule has 0 bridgehead atoms. The first-order valence-electron chi connectivity index (χ1n) is 10.6. The van der Waals surface area contributed by atoms with Crippen LogP contribution in [-0.2, 0) is 9.53 Å². The van der Waals surface area contributed by atoms with Crippen molar-refractivity contribution in [1.29, 1.82) is 5.26 Å². The Hall–Kier alpha value is -2.95. The van der Waals surface area contributed by atoms with E-state index in [0.29, 0.717) is 36.4 Å². The van der Waals surface area contributed by atoms with Crippen LogP contribution in [-0.4, -0.2) is 53.5 Å². The first-order chi connectivity index (χ1) is 14.6. The van der Waals surface area contributed by atoms with Gasteiger partial charge < -0.3 is 19.3 Å². The number of amides is 1. The number of likely N-dealkylation sites (tertiary alicyclic amines) is 1. The molecule has 3 rings (SSSR count). The molecule has 8 heteroatoms. The molecule has 1 amide bonds. The number of fused-ring (bicyclic) bond motifs is 1. The third-order valence-corrected chi connectivity index (χ3v) is 5.95. The minimum absolute atomic E-state index is 0.120. The van der Waals surface area contributed by atoms with Crippen molar-refractivity contribution < 1.29 is 28.9 Å². The molecule has 1 saturated carbocycles. The molecule has 1 aromatic rings. The lowest BCUT2D eigenvalue weighted by Crippen LogP contribution is -2.56. The van der Waals surface area contributed by atoms with E-state index in [-0.39, 0.29) is 17.9 Å². The average molecular weight is 431 g/mol.